The van der Waals surface area contributed by atoms with E-state index in [4.69, 9.17) is 5.73 Å². The van der Waals surface area contributed by atoms with Crippen molar-refractivity contribution in [1.82, 2.24) is 14.5 Å². The summed E-state index contributed by atoms with van der Waals surface area (Å²) in [6.45, 7) is 4.87. The van der Waals surface area contributed by atoms with E-state index in [1.54, 1.807) is 6.20 Å². The van der Waals surface area contributed by atoms with Gasteiger partial charge in [0, 0.05) is 30.9 Å². The molecule has 4 nitrogen and oxygen atoms in total. The molecule has 0 spiro atoms. The lowest BCUT2D eigenvalue weighted by Crippen LogP contribution is -2.36. The van der Waals surface area contributed by atoms with Crippen molar-refractivity contribution in [2.24, 2.45) is 5.41 Å². The van der Waals surface area contributed by atoms with Crippen LogP contribution in [0.1, 0.15) is 19.3 Å². The van der Waals surface area contributed by atoms with Gasteiger partial charge in [-0.15, -0.1) is 0 Å². The first kappa shape index (κ1) is 9.21. The molecule has 1 aromatic rings. The first-order valence-electron chi connectivity index (χ1n) is 5.76. The van der Waals surface area contributed by atoms with Crippen LogP contribution in [0.4, 0.5) is 5.95 Å². The fourth-order valence-corrected chi connectivity index (χ4v) is 3.14. The summed E-state index contributed by atoms with van der Waals surface area (Å²) in [6, 6.07) is 0. The van der Waals surface area contributed by atoms with Gasteiger partial charge in [-0.05, 0) is 32.4 Å². The molecule has 15 heavy (non-hydrogen) atoms. The van der Waals surface area contributed by atoms with Gasteiger partial charge in [-0.1, -0.05) is 0 Å². The molecular weight excluding hydrogens is 188 g/mol. The molecule has 2 aliphatic heterocycles. The summed E-state index contributed by atoms with van der Waals surface area (Å²) in [5.41, 5.74) is 6.30. The quantitative estimate of drug-likeness (QED) is 0.783. The van der Waals surface area contributed by atoms with Crippen LogP contribution < -0.4 is 5.73 Å². The molecular formula is C11H18N4. The second-order valence-electron chi connectivity index (χ2n) is 5.04. The molecule has 0 radical (unpaired) electrons. The highest BCUT2D eigenvalue weighted by Gasteiger charge is 2.41. The van der Waals surface area contributed by atoms with Crippen LogP contribution in [-0.4, -0.2) is 34.1 Å². The molecule has 2 bridgehead atoms. The Morgan fingerprint density at radius 2 is 2.33 bits per heavy atom. The fourth-order valence-electron chi connectivity index (χ4n) is 3.14. The maximum Gasteiger partial charge on any atom is 0.200 e. The van der Waals surface area contributed by atoms with Crippen molar-refractivity contribution in [2.75, 3.05) is 25.4 Å². The predicted octanol–water partition coefficient (Wildman–Crippen LogP) is 0.951. The molecule has 0 saturated carbocycles. The maximum absolute atomic E-state index is 5.82. The number of hydrogen-bond donors (Lipinski definition) is 1. The smallest absolute Gasteiger partial charge is 0.200 e. The minimum Gasteiger partial charge on any atom is -0.369 e. The topological polar surface area (TPSA) is 47.1 Å². The van der Waals surface area contributed by atoms with E-state index in [-0.39, 0.29) is 0 Å². The molecule has 0 aliphatic carbocycles. The van der Waals surface area contributed by atoms with Crippen LogP contribution in [0.25, 0.3) is 0 Å². The largest absolute Gasteiger partial charge is 0.369 e. The van der Waals surface area contributed by atoms with Crippen molar-refractivity contribution in [3.05, 3.63) is 12.4 Å². The number of nitrogens with two attached hydrogens (primary N) is 1. The van der Waals surface area contributed by atoms with Gasteiger partial charge < -0.3 is 15.2 Å². The lowest BCUT2D eigenvalue weighted by Gasteiger charge is -2.34. The van der Waals surface area contributed by atoms with Crippen LogP contribution in [0, 0.1) is 5.41 Å². The molecule has 4 heteroatoms. The zero-order valence-corrected chi connectivity index (χ0v) is 9.02. The minimum atomic E-state index is 0.479. The third-order valence-corrected chi connectivity index (χ3v) is 3.95. The molecule has 2 fully saturated rings. The lowest BCUT2D eigenvalue weighted by molar-refractivity contribution is 0.160. The fraction of sp³-hybridized carbons (Fsp3) is 0.727. The third kappa shape index (κ3) is 1.53. The summed E-state index contributed by atoms with van der Waals surface area (Å²) in [5, 5.41) is 0. The Bertz CT molecular complexity index is 355. The first-order valence-corrected chi connectivity index (χ1v) is 5.76. The number of fused-ring (bicyclic) bond motifs is 2. The Labute approximate surface area is 90.1 Å². The van der Waals surface area contributed by atoms with Gasteiger partial charge in [-0.25, -0.2) is 4.98 Å². The normalized spacial score (nSPS) is 34.5. The average molecular weight is 206 g/mol. The van der Waals surface area contributed by atoms with Crippen LogP contribution >= 0.6 is 0 Å². The summed E-state index contributed by atoms with van der Waals surface area (Å²) in [6.07, 6.45) is 7.81. The number of nitrogens with zero attached hydrogens (tertiary/aromatic N) is 3. The molecule has 2 atom stereocenters. The van der Waals surface area contributed by atoms with Gasteiger partial charge in [-0.2, -0.15) is 0 Å². The van der Waals surface area contributed by atoms with Crippen LogP contribution in [0.3, 0.4) is 0 Å². The average Bonchev–Trinajstić information content (AvgIpc) is 2.74. The van der Waals surface area contributed by atoms with Crippen LogP contribution in [0.5, 0.6) is 0 Å². The van der Waals surface area contributed by atoms with E-state index in [2.05, 4.69) is 14.5 Å². The standard InChI is InChI=1S/C11H18N4/c12-10-13-4-7-15(10)9-11-2-1-5-14(8-11)6-3-11/h4,7H,1-3,5-6,8-9H2,(H2,12,13). The lowest BCUT2D eigenvalue weighted by atomic mass is 9.81. The first-order chi connectivity index (χ1) is 7.27. The Morgan fingerprint density at radius 3 is 3.13 bits per heavy atom. The number of anilines is 1. The van der Waals surface area contributed by atoms with Gasteiger partial charge in [-0.3, -0.25) is 0 Å². The molecule has 2 aliphatic rings. The van der Waals surface area contributed by atoms with E-state index in [0.29, 0.717) is 11.4 Å². The van der Waals surface area contributed by atoms with Crippen molar-refractivity contribution in [3.8, 4) is 0 Å². The summed E-state index contributed by atoms with van der Waals surface area (Å²) in [5.74, 6) is 0.661. The molecule has 2 N–H and O–H groups in total. The molecule has 3 rings (SSSR count). The molecule has 0 amide bonds. The number of nitrogen functional groups attached to an aromatic ring is 1. The molecule has 2 saturated heterocycles. The van der Waals surface area contributed by atoms with Gasteiger partial charge in [0.25, 0.3) is 0 Å². The number of hydrogen-bond acceptors (Lipinski definition) is 3. The summed E-state index contributed by atoms with van der Waals surface area (Å²) < 4.78 is 2.11. The predicted molar refractivity (Wildman–Crippen MR) is 59.4 cm³/mol. The third-order valence-electron chi connectivity index (χ3n) is 3.95. The zero-order chi connectivity index (χ0) is 10.3. The van der Waals surface area contributed by atoms with Gasteiger partial charge in [0.05, 0.1) is 0 Å². The number of imidazole rings is 1. The van der Waals surface area contributed by atoms with Gasteiger partial charge in [0.1, 0.15) is 0 Å². The number of rotatable bonds is 2. The molecule has 1 aromatic heterocycles. The number of aromatic nitrogens is 2. The summed E-state index contributed by atoms with van der Waals surface area (Å²) >= 11 is 0. The number of piperidine rings is 1. The SMILES string of the molecule is Nc1nccn1CC12CCCN(CC1)C2. The van der Waals surface area contributed by atoms with Crippen molar-refractivity contribution < 1.29 is 0 Å². The molecule has 2 unspecified atom stereocenters. The van der Waals surface area contributed by atoms with Gasteiger partial charge in [0.15, 0.2) is 5.95 Å². The van der Waals surface area contributed by atoms with Gasteiger partial charge in [0.2, 0.25) is 0 Å². The highest BCUT2D eigenvalue weighted by atomic mass is 15.2. The van der Waals surface area contributed by atoms with E-state index in [1.165, 1.54) is 38.9 Å². The summed E-state index contributed by atoms with van der Waals surface area (Å²) in [7, 11) is 0. The van der Waals surface area contributed by atoms with Crippen LogP contribution in [0.15, 0.2) is 12.4 Å². The molecule has 3 heterocycles. The minimum absolute atomic E-state index is 0.479. The molecule has 82 valence electrons. The van der Waals surface area contributed by atoms with Crippen molar-refractivity contribution in [2.45, 2.75) is 25.8 Å². The summed E-state index contributed by atoms with van der Waals surface area (Å²) in [4.78, 5) is 6.67. The van der Waals surface area contributed by atoms with E-state index in [9.17, 15) is 0 Å². The van der Waals surface area contributed by atoms with E-state index in [1.807, 2.05) is 6.20 Å². The van der Waals surface area contributed by atoms with E-state index >= 15 is 0 Å². The Kier molecular flexibility index (Phi) is 1.99. The van der Waals surface area contributed by atoms with Crippen LogP contribution in [0.2, 0.25) is 0 Å². The van der Waals surface area contributed by atoms with Crippen molar-refractivity contribution in [3.63, 3.8) is 0 Å². The van der Waals surface area contributed by atoms with Crippen molar-refractivity contribution in [1.29, 1.82) is 0 Å². The zero-order valence-electron chi connectivity index (χ0n) is 9.02. The van der Waals surface area contributed by atoms with Crippen molar-refractivity contribution >= 4 is 5.95 Å². The molecule has 0 aromatic carbocycles. The van der Waals surface area contributed by atoms with Crippen LogP contribution in [-0.2, 0) is 6.54 Å². The Balaban J connectivity index is 1.80. The monoisotopic (exact) mass is 206 g/mol. The van der Waals surface area contributed by atoms with E-state index < -0.39 is 0 Å². The second kappa shape index (κ2) is 3.23. The maximum atomic E-state index is 5.82. The second-order valence-corrected chi connectivity index (χ2v) is 5.04. The Morgan fingerprint density at radius 1 is 1.40 bits per heavy atom. The highest BCUT2D eigenvalue weighted by molar-refractivity contribution is 5.17. The van der Waals surface area contributed by atoms with Gasteiger partial charge >= 0.3 is 0 Å². The van der Waals surface area contributed by atoms with E-state index in [0.717, 1.165) is 6.54 Å². The highest BCUT2D eigenvalue weighted by Crippen LogP contribution is 2.40. The Hall–Kier alpha value is -1.03.